The largest absolute Gasteiger partial charge is 0.487 e. The Balaban J connectivity index is 2.41. The first-order valence-corrected chi connectivity index (χ1v) is 6.31. The molecule has 2 rings (SSSR count). The van der Waals surface area contributed by atoms with Crippen LogP contribution in [0.2, 0.25) is 0 Å². The summed E-state index contributed by atoms with van der Waals surface area (Å²) < 4.78 is 5.23. The molecule has 7 heteroatoms. The first kappa shape index (κ1) is 14.0. The van der Waals surface area contributed by atoms with Crippen LogP contribution < -0.4 is 10.2 Å². The van der Waals surface area contributed by atoms with Crippen molar-refractivity contribution in [2.45, 2.75) is 20.3 Å². The normalized spacial score (nSPS) is 18.2. The van der Waals surface area contributed by atoms with E-state index in [0.29, 0.717) is 24.3 Å². The van der Waals surface area contributed by atoms with Gasteiger partial charge in [-0.05, 0) is 19.1 Å². The van der Waals surface area contributed by atoms with Gasteiger partial charge in [0.2, 0.25) is 5.91 Å². The van der Waals surface area contributed by atoms with Gasteiger partial charge in [-0.15, -0.1) is 0 Å². The van der Waals surface area contributed by atoms with Gasteiger partial charge in [-0.25, -0.2) is 5.43 Å². The van der Waals surface area contributed by atoms with E-state index >= 15 is 0 Å². The molecule has 0 aliphatic carbocycles. The fraction of sp³-hybridized carbons (Fsp3) is 0.385. The van der Waals surface area contributed by atoms with Crippen LogP contribution in [0.25, 0.3) is 0 Å². The Morgan fingerprint density at radius 1 is 1.55 bits per heavy atom. The molecule has 1 N–H and O–H groups in total. The van der Waals surface area contributed by atoms with Gasteiger partial charge in [0.1, 0.15) is 0 Å². The maximum absolute atomic E-state index is 11.2. The van der Waals surface area contributed by atoms with Crippen LogP contribution in [-0.2, 0) is 4.79 Å². The number of hydrazone groups is 1. The van der Waals surface area contributed by atoms with E-state index in [1.54, 1.807) is 19.1 Å². The summed E-state index contributed by atoms with van der Waals surface area (Å²) in [6, 6.07) is 4.70. The number of amides is 1. The third kappa shape index (κ3) is 2.76. The summed E-state index contributed by atoms with van der Waals surface area (Å²) in [7, 11) is 0. The van der Waals surface area contributed by atoms with Crippen molar-refractivity contribution in [3.8, 4) is 5.75 Å². The number of nitrogens with one attached hydrogen (secondary N) is 1. The Hall–Kier alpha value is -2.44. The fourth-order valence-electron chi connectivity index (χ4n) is 2.10. The monoisotopic (exact) mass is 277 g/mol. The highest BCUT2D eigenvalue weighted by Crippen LogP contribution is 2.29. The molecule has 1 atom stereocenters. The molecule has 0 saturated carbocycles. The van der Waals surface area contributed by atoms with Gasteiger partial charge in [-0.3, -0.25) is 14.9 Å². The van der Waals surface area contributed by atoms with Crippen molar-refractivity contribution in [2.24, 2.45) is 11.0 Å². The van der Waals surface area contributed by atoms with Gasteiger partial charge in [-0.2, -0.15) is 5.10 Å². The summed E-state index contributed by atoms with van der Waals surface area (Å²) in [5, 5.41) is 15.1. The zero-order valence-corrected chi connectivity index (χ0v) is 11.3. The second-order valence-corrected chi connectivity index (χ2v) is 4.51. The summed E-state index contributed by atoms with van der Waals surface area (Å²) in [5.74, 6) is -0.00247. The van der Waals surface area contributed by atoms with Crippen LogP contribution in [0, 0.1) is 16.0 Å². The Labute approximate surface area is 115 Å². The number of benzene rings is 1. The topological polar surface area (TPSA) is 93.8 Å². The molecule has 1 aromatic rings. The number of hydrogen-bond donors (Lipinski definition) is 1. The second kappa shape index (κ2) is 5.68. The lowest BCUT2D eigenvalue weighted by Gasteiger charge is -2.19. The number of nitro groups is 1. The Morgan fingerprint density at radius 2 is 2.30 bits per heavy atom. The molecule has 0 bridgehead atoms. The highest BCUT2D eigenvalue weighted by atomic mass is 16.6. The molecule has 0 radical (unpaired) electrons. The predicted octanol–water partition coefficient (Wildman–Crippen LogP) is 1.85. The smallest absolute Gasteiger partial charge is 0.311 e. The van der Waals surface area contributed by atoms with Crippen molar-refractivity contribution in [1.29, 1.82) is 0 Å². The summed E-state index contributed by atoms with van der Waals surface area (Å²) in [5.41, 5.74) is 3.55. The highest BCUT2D eigenvalue weighted by Gasteiger charge is 2.24. The summed E-state index contributed by atoms with van der Waals surface area (Å²) >= 11 is 0. The number of carbonyl (C=O) groups is 1. The van der Waals surface area contributed by atoms with Gasteiger partial charge in [0, 0.05) is 24.0 Å². The quantitative estimate of drug-likeness (QED) is 0.671. The lowest BCUT2D eigenvalue weighted by molar-refractivity contribution is -0.385. The summed E-state index contributed by atoms with van der Waals surface area (Å²) in [4.78, 5) is 21.8. The number of hydrogen-bond acceptors (Lipinski definition) is 5. The lowest BCUT2D eigenvalue weighted by atomic mass is 9.94. The zero-order valence-electron chi connectivity index (χ0n) is 11.3. The first-order valence-electron chi connectivity index (χ1n) is 6.31. The van der Waals surface area contributed by atoms with Gasteiger partial charge < -0.3 is 4.74 Å². The number of carbonyl (C=O) groups excluding carboxylic acids is 1. The third-order valence-electron chi connectivity index (χ3n) is 3.01. The third-order valence-corrected chi connectivity index (χ3v) is 3.01. The Morgan fingerprint density at radius 3 is 2.90 bits per heavy atom. The van der Waals surface area contributed by atoms with Crippen molar-refractivity contribution >= 4 is 17.3 Å². The van der Waals surface area contributed by atoms with Crippen LogP contribution in [0.5, 0.6) is 5.75 Å². The number of nitrogens with zero attached hydrogens (tertiary/aromatic N) is 2. The van der Waals surface area contributed by atoms with E-state index in [1.165, 1.54) is 6.07 Å². The molecular weight excluding hydrogens is 262 g/mol. The number of nitro benzene ring substituents is 1. The van der Waals surface area contributed by atoms with Gasteiger partial charge in [0.15, 0.2) is 5.75 Å². The molecule has 0 saturated heterocycles. The Kier molecular flexibility index (Phi) is 3.97. The zero-order chi connectivity index (χ0) is 14.7. The standard InChI is InChI=1S/C13H15N3O4/c1-3-20-11-5-4-9(7-10(11)16(18)19)13-8(2)6-12(17)14-15-13/h4-5,7-8H,3,6H2,1-2H3,(H,14,17). The molecule has 0 fully saturated rings. The van der Waals surface area contributed by atoms with E-state index in [-0.39, 0.29) is 23.3 Å². The molecule has 1 unspecified atom stereocenters. The molecule has 106 valence electrons. The van der Waals surface area contributed by atoms with Gasteiger partial charge >= 0.3 is 5.69 Å². The molecule has 1 aliphatic heterocycles. The van der Waals surface area contributed by atoms with E-state index in [2.05, 4.69) is 10.5 Å². The Bertz CT molecular complexity index is 583. The first-order chi connectivity index (χ1) is 9.52. The van der Waals surface area contributed by atoms with E-state index in [0.717, 1.165) is 0 Å². The second-order valence-electron chi connectivity index (χ2n) is 4.51. The van der Waals surface area contributed by atoms with Crippen LogP contribution in [0.4, 0.5) is 5.69 Å². The molecule has 0 aromatic heterocycles. The van der Waals surface area contributed by atoms with Crippen LogP contribution in [-0.4, -0.2) is 23.1 Å². The van der Waals surface area contributed by atoms with Crippen LogP contribution >= 0.6 is 0 Å². The average Bonchev–Trinajstić information content (AvgIpc) is 2.39. The van der Waals surface area contributed by atoms with Crippen LogP contribution in [0.15, 0.2) is 23.3 Å². The minimum atomic E-state index is -0.485. The van der Waals surface area contributed by atoms with E-state index in [4.69, 9.17) is 4.74 Å². The summed E-state index contributed by atoms with van der Waals surface area (Å²) in [6.07, 6.45) is 0.319. The molecule has 20 heavy (non-hydrogen) atoms. The minimum Gasteiger partial charge on any atom is -0.487 e. The highest BCUT2D eigenvalue weighted by molar-refractivity contribution is 6.06. The van der Waals surface area contributed by atoms with E-state index in [9.17, 15) is 14.9 Å². The van der Waals surface area contributed by atoms with Crippen molar-refractivity contribution in [1.82, 2.24) is 5.43 Å². The molecular formula is C13H15N3O4. The van der Waals surface area contributed by atoms with E-state index < -0.39 is 4.92 Å². The number of ether oxygens (including phenoxy) is 1. The molecule has 1 aliphatic rings. The maximum Gasteiger partial charge on any atom is 0.311 e. The molecule has 1 heterocycles. The maximum atomic E-state index is 11.2. The SMILES string of the molecule is CCOc1ccc(C2=NNC(=O)CC2C)cc1[N+](=O)[O-]. The minimum absolute atomic E-state index is 0.0821. The molecule has 1 aromatic carbocycles. The molecule has 7 nitrogen and oxygen atoms in total. The van der Waals surface area contributed by atoms with Gasteiger partial charge in [0.05, 0.1) is 17.2 Å². The average molecular weight is 277 g/mol. The lowest BCUT2D eigenvalue weighted by Crippen LogP contribution is -2.31. The van der Waals surface area contributed by atoms with Crippen molar-refractivity contribution in [3.63, 3.8) is 0 Å². The van der Waals surface area contributed by atoms with Crippen molar-refractivity contribution in [3.05, 3.63) is 33.9 Å². The molecule has 0 spiro atoms. The van der Waals surface area contributed by atoms with Crippen molar-refractivity contribution in [2.75, 3.05) is 6.61 Å². The van der Waals surface area contributed by atoms with E-state index in [1.807, 2.05) is 6.92 Å². The van der Waals surface area contributed by atoms with Gasteiger partial charge in [0.25, 0.3) is 0 Å². The van der Waals surface area contributed by atoms with Crippen molar-refractivity contribution < 1.29 is 14.5 Å². The number of rotatable bonds is 4. The van der Waals surface area contributed by atoms with Crippen LogP contribution in [0.3, 0.4) is 0 Å². The summed E-state index contributed by atoms with van der Waals surface area (Å²) in [6.45, 7) is 3.98. The fourth-order valence-corrected chi connectivity index (χ4v) is 2.10. The van der Waals surface area contributed by atoms with Crippen LogP contribution in [0.1, 0.15) is 25.8 Å². The van der Waals surface area contributed by atoms with Gasteiger partial charge in [-0.1, -0.05) is 6.92 Å². The predicted molar refractivity (Wildman–Crippen MR) is 72.7 cm³/mol. The molecule has 1 amide bonds.